The molecular formula is C15H17NO3. The van der Waals surface area contributed by atoms with Crippen LogP contribution < -0.4 is 0 Å². The molecule has 1 unspecified atom stereocenters. The average Bonchev–Trinajstić information content (AvgIpc) is 2.76. The third-order valence-corrected chi connectivity index (χ3v) is 3.18. The van der Waals surface area contributed by atoms with Gasteiger partial charge in [0, 0.05) is 24.2 Å². The van der Waals surface area contributed by atoms with E-state index in [2.05, 4.69) is 11.8 Å². The number of benzene rings is 1. The van der Waals surface area contributed by atoms with Crippen molar-refractivity contribution in [1.29, 1.82) is 0 Å². The first kappa shape index (κ1) is 13.6. The summed E-state index contributed by atoms with van der Waals surface area (Å²) in [6.07, 6.45) is 0.610. The van der Waals surface area contributed by atoms with Crippen LogP contribution in [0, 0.1) is 11.8 Å². The van der Waals surface area contributed by atoms with Gasteiger partial charge < -0.3 is 15.1 Å². The van der Waals surface area contributed by atoms with Gasteiger partial charge in [0.25, 0.3) is 5.91 Å². The lowest BCUT2D eigenvalue weighted by Gasteiger charge is -2.19. The quantitative estimate of drug-likeness (QED) is 0.727. The molecule has 100 valence electrons. The molecule has 2 rings (SSSR count). The topological polar surface area (TPSA) is 60.8 Å². The van der Waals surface area contributed by atoms with Crippen molar-refractivity contribution in [2.45, 2.75) is 18.9 Å². The average molecular weight is 259 g/mol. The van der Waals surface area contributed by atoms with Crippen LogP contribution in [0.3, 0.4) is 0 Å². The molecule has 1 aliphatic rings. The van der Waals surface area contributed by atoms with Gasteiger partial charge in [0.15, 0.2) is 0 Å². The second-order valence-corrected chi connectivity index (χ2v) is 5.01. The van der Waals surface area contributed by atoms with Crippen molar-refractivity contribution in [3.8, 4) is 11.8 Å². The first-order valence-corrected chi connectivity index (χ1v) is 6.23. The lowest BCUT2D eigenvalue weighted by molar-refractivity contribution is 0.0572. The second-order valence-electron chi connectivity index (χ2n) is 5.01. The molecule has 1 saturated heterocycles. The number of hydrogen-bond donors (Lipinski definition) is 2. The predicted octanol–water partition coefficient (Wildman–Crippen LogP) is 0.627. The third kappa shape index (κ3) is 3.34. The van der Waals surface area contributed by atoms with Crippen molar-refractivity contribution < 1.29 is 15.0 Å². The first-order valence-electron chi connectivity index (χ1n) is 6.23. The summed E-state index contributed by atoms with van der Waals surface area (Å²) < 4.78 is 0. The predicted molar refractivity (Wildman–Crippen MR) is 71.6 cm³/mol. The Morgan fingerprint density at radius 3 is 2.63 bits per heavy atom. The van der Waals surface area contributed by atoms with Crippen LogP contribution in [0.5, 0.6) is 0 Å². The molecule has 0 aromatic heterocycles. The molecule has 1 aliphatic heterocycles. The van der Waals surface area contributed by atoms with Crippen LogP contribution >= 0.6 is 0 Å². The Morgan fingerprint density at radius 2 is 2.11 bits per heavy atom. The van der Waals surface area contributed by atoms with Crippen molar-refractivity contribution in [3.63, 3.8) is 0 Å². The summed E-state index contributed by atoms with van der Waals surface area (Å²) in [5.41, 5.74) is 0.577. The molecule has 0 radical (unpaired) electrons. The summed E-state index contributed by atoms with van der Waals surface area (Å²) in [5, 5.41) is 18.5. The van der Waals surface area contributed by atoms with E-state index < -0.39 is 5.60 Å². The van der Waals surface area contributed by atoms with Crippen LogP contribution in [0.1, 0.15) is 29.3 Å². The van der Waals surface area contributed by atoms with E-state index in [1.165, 1.54) is 0 Å². The standard InChI is InChI=1S/C15H17NO3/c1-15(19)8-9-16(11-15)14(18)13-6-4-12(5-7-13)3-2-10-17/h4-7,17,19H,8-11H2,1H3. The third-order valence-electron chi connectivity index (χ3n) is 3.18. The molecular weight excluding hydrogens is 242 g/mol. The lowest BCUT2D eigenvalue weighted by atomic mass is 10.1. The molecule has 0 bridgehead atoms. The molecule has 0 saturated carbocycles. The Labute approximate surface area is 112 Å². The zero-order valence-corrected chi connectivity index (χ0v) is 10.9. The Morgan fingerprint density at radius 1 is 1.42 bits per heavy atom. The first-order chi connectivity index (χ1) is 9.02. The van der Waals surface area contributed by atoms with Gasteiger partial charge in [-0.1, -0.05) is 11.8 Å². The van der Waals surface area contributed by atoms with Gasteiger partial charge in [0.05, 0.1) is 5.60 Å². The van der Waals surface area contributed by atoms with Crippen molar-refractivity contribution >= 4 is 5.91 Å². The number of carbonyl (C=O) groups excluding carboxylic acids is 1. The number of hydrogen-bond acceptors (Lipinski definition) is 3. The Hall–Kier alpha value is -1.83. The Balaban J connectivity index is 2.08. The Kier molecular flexibility index (Phi) is 3.89. The number of rotatable bonds is 1. The number of aliphatic hydroxyl groups excluding tert-OH is 1. The molecule has 0 aliphatic carbocycles. The van der Waals surface area contributed by atoms with Crippen LogP contribution in [0.4, 0.5) is 0 Å². The second kappa shape index (κ2) is 5.43. The maximum atomic E-state index is 12.2. The minimum atomic E-state index is -0.776. The summed E-state index contributed by atoms with van der Waals surface area (Å²) in [7, 11) is 0. The molecule has 0 spiro atoms. The van der Waals surface area contributed by atoms with Gasteiger partial charge in [-0.05, 0) is 37.6 Å². The molecule has 1 aromatic carbocycles. The van der Waals surface area contributed by atoms with Crippen molar-refractivity contribution in [1.82, 2.24) is 4.90 Å². The molecule has 1 heterocycles. The van der Waals surface area contributed by atoms with Crippen LogP contribution in [-0.4, -0.2) is 46.3 Å². The number of nitrogens with zero attached hydrogens (tertiary/aromatic N) is 1. The largest absolute Gasteiger partial charge is 0.388 e. The monoisotopic (exact) mass is 259 g/mol. The van der Waals surface area contributed by atoms with E-state index >= 15 is 0 Å². The van der Waals surface area contributed by atoms with E-state index in [1.807, 2.05) is 0 Å². The highest BCUT2D eigenvalue weighted by atomic mass is 16.3. The zero-order chi connectivity index (χ0) is 13.9. The highest BCUT2D eigenvalue weighted by molar-refractivity contribution is 5.94. The highest BCUT2D eigenvalue weighted by Crippen LogP contribution is 2.22. The van der Waals surface area contributed by atoms with Gasteiger partial charge in [-0.3, -0.25) is 4.79 Å². The van der Waals surface area contributed by atoms with Crippen LogP contribution in [0.2, 0.25) is 0 Å². The van der Waals surface area contributed by atoms with Gasteiger partial charge in [-0.15, -0.1) is 0 Å². The summed E-state index contributed by atoms with van der Waals surface area (Å²) in [6, 6.07) is 6.95. The van der Waals surface area contributed by atoms with Crippen LogP contribution in [0.25, 0.3) is 0 Å². The maximum absolute atomic E-state index is 12.2. The van der Waals surface area contributed by atoms with E-state index in [-0.39, 0.29) is 12.5 Å². The molecule has 1 amide bonds. The van der Waals surface area contributed by atoms with Crippen molar-refractivity contribution in [3.05, 3.63) is 35.4 Å². The van der Waals surface area contributed by atoms with Gasteiger partial charge in [0.2, 0.25) is 0 Å². The molecule has 19 heavy (non-hydrogen) atoms. The van der Waals surface area contributed by atoms with Gasteiger partial charge in [-0.2, -0.15) is 0 Å². The van der Waals surface area contributed by atoms with Crippen molar-refractivity contribution in [2.75, 3.05) is 19.7 Å². The highest BCUT2D eigenvalue weighted by Gasteiger charge is 2.34. The number of likely N-dealkylation sites (tertiary alicyclic amines) is 1. The van der Waals surface area contributed by atoms with Crippen LogP contribution in [-0.2, 0) is 0 Å². The van der Waals surface area contributed by atoms with Gasteiger partial charge in [-0.25, -0.2) is 0 Å². The summed E-state index contributed by atoms with van der Waals surface area (Å²) in [4.78, 5) is 13.9. The van der Waals surface area contributed by atoms with E-state index in [1.54, 1.807) is 36.1 Å². The van der Waals surface area contributed by atoms with Crippen LogP contribution in [0.15, 0.2) is 24.3 Å². The van der Waals surface area contributed by atoms with E-state index in [9.17, 15) is 9.90 Å². The number of carbonyl (C=O) groups is 1. The molecule has 1 aromatic rings. The minimum absolute atomic E-state index is 0.0700. The number of amides is 1. The lowest BCUT2D eigenvalue weighted by Crippen LogP contribution is -2.33. The van der Waals surface area contributed by atoms with E-state index in [0.717, 1.165) is 5.56 Å². The fourth-order valence-corrected chi connectivity index (χ4v) is 2.14. The van der Waals surface area contributed by atoms with E-state index in [4.69, 9.17) is 5.11 Å². The SMILES string of the molecule is CC1(O)CCN(C(=O)c2ccc(C#CCO)cc2)C1. The summed E-state index contributed by atoms with van der Waals surface area (Å²) in [6.45, 7) is 2.52. The molecule has 4 heteroatoms. The summed E-state index contributed by atoms with van der Waals surface area (Å²) >= 11 is 0. The number of aliphatic hydroxyl groups is 2. The molecule has 4 nitrogen and oxygen atoms in total. The fourth-order valence-electron chi connectivity index (χ4n) is 2.14. The normalized spacial score (nSPS) is 21.9. The smallest absolute Gasteiger partial charge is 0.253 e. The van der Waals surface area contributed by atoms with Crippen molar-refractivity contribution in [2.24, 2.45) is 0 Å². The summed E-state index contributed by atoms with van der Waals surface area (Å²) in [5.74, 6) is 5.26. The fraction of sp³-hybridized carbons (Fsp3) is 0.400. The Bertz CT molecular complexity index is 523. The number of β-amino-alcohol motifs (C(OH)–C–C–N with tert-alkyl or cyclic N) is 1. The molecule has 2 N–H and O–H groups in total. The minimum Gasteiger partial charge on any atom is -0.388 e. The van der Waals surface area contributed by atoms with Gasteiger partial charge in [0.1, 0.15) is 6.61 Å². The molecule has 1 atom stereocenters. The van der Waals surface area contributed by atoms with Gasteiger partial charge >= 0.3 is 0 Å². The zero-order valence-electron chi connectivity index (χ0n) is 10.9. The molecule has 1 fully saturated rings. The van der Waals surface area contributed by atoms with E-state index in [0.29, 0.717) is 25.1 Å². The maximum Gasteiger partial charge on any atom is 0.253 e.